The van der Waals surface area contributed by atoms with Gasteiger partial charge >= 0.3 is 12.1 Å². The van der Waals surface area contributed by atoms with Gasteiger partial charge in [0.1, 0.15) is 0 Å². The molecule has 0 heterocycles. The van der Waals surface area contributed by atoms with Gasteiger partial charge in [0.2, 0.25) is 0 Å². The maximum Gasteiger partial charge on any atom is 0.456 e. The first-order valence-electron chi connectivity index (χ1n) is 5.46. The Morgan fingerprint density at radius 2 is 1.45 bits per heavy atom. The summed E-state index contributed by atoms with van der Waals surface area (Å²) in [5.41, 5.74) is -0.467. The van der Waals surface area contributed by atoms with E-state index in [0.29, 0.717) is 9.86 Å². The van der Waals surface area contributed by atoms with Crippen LogP contribution in [0, 0.1) is 0 Å². The second-order valence-corrected chi connectivity index (χ2v) is 5.06. The highest BCUT2D eigenvalue weighted by molar-refractivity contribution is 9.10. The van der Waals surface area contributed by atoms with E-state index in [1.165, 1.54) is 18.2 Å². The summed E-state index contributed by atoms with van der Waals surface area (Å²) in [6, 6.07) is 8.43. The van der Waals surface area contributed by atoms with Gasteiger partial charge < -0.3 is 5.11 Å². The van der Waals surface area contributed by atoms with Gasteiger partial charge in [0.15, 0.2) is 6.10 Å². The molecule has 0 aliphatic heterocycles. The number of aliphatic hydroxyl groups is 1. The first-order chi connectivity index (χ1) is 9.16. The molecule has 7 heteroatoms. The number of hydrogen-bond acceptors (Lipinski definition) is 1. The van der Waals surface area contributed by atoms with E-state index in [1.54, 1.807) is 12.1 Å². The van der Waals surface area contributed by atoms with Crippen LogP contribution in [-0.2, 0) is 0 Å². The van der Waals surface area contributed by atoms with E-state index in [2.05, 4.69) is 15.9 Å². The molecule has 0 spiro atoms. The Hall–Kier alpha value is -1.21. The second-order valence-electron chi connectivity index (χ2n) is 4.21. The lowest BCUT2D eigenvalue weighted by atomic mass is 9.96. The normalized spacial score (nSPS) is 14.6. The van der Waals surface area contributed by atoms with Crippen molar-refractivity contribution in [3.8, 4) is 0 Å². The number of hydrogen-bond donors (Lipinski definition) is 1. The summed E-state index contributed by atoms with van der Waals surface area (Å²) >= 11 is 3.18. The fourth-order valence-corrected chi connectivity index (χ4v) is 2.35. The molecular formula is C13H8BrF5O. The first-order valence-corrected chi connectivity index (χ1v) is 6.25. The number of benzene rings is 2. The molecule has 20 heavy (non-hydrogen) atoms. The van der Waals surface area contributed by atoms with Gasteiger partial charge in [-0.15, -0.1) is 0 Å². The largest absolute Gasteiger partial charge is 0.456 e. The summed E-state index contributed by atoms with van der Waals surface area (Å²) in [6.45, 7) is 0. The third kappa shape index (κ3) is 2.40. The van der Waals surface area contributed by atoms with E-state index >= 15 is 0 Å². The quantitative estimate of drug-likeness (QED) is 0.765. The molecule has 108 valence electrons. The minimum absolute atomic E-state index is 0.137. The monoisotopic (exact) mass is 354 g/mol. The van der Waals surface area contributed by atoms with E-state index in [9.17, 15) is 27.1 Å². The molecule has 0 fully saturated rings. The molecule has 0 aromatic heterocycles. The number of halogens is 6. The van der Waals surface area contributed by atoms with Crippen LogP contribution in [0.25, 0.3) is 10.8 Å². The molecule has 1 unspecified atom stereocenters. The average Bonchev–Trinajstić information content (AvgIpc) is 2.37. The SMILES string of the molecule is OC(c1ccc(Br)c2ccccc12)C(F)(F)C(F)(F)F. The van der Waals surface area contributed by atoms with E-state index in [0.717, 1.165) is 6.07 Å². The lowest BCUT2D eigenvalue weighted by Gasteiger charge is -2.26. The molecule has 2 aromatic rings. The summed E-state index contributed by atoms with van der Waals surface area (Å²) in [5, 5.41) is 10.1. The van der Waals surface area contributed by atoms with Gasteiger partial charge in [0.05, 0.1) is 0 Å². The third-order valence-electron chi connectivity index (χ3n) is 2.92. The fraction of sp³-hybridized carbons (Fsp3) is 0.231. The van der Waals surface area contributed by atoms with Crippen LogP contribution < -0.4 is 0 Å². The first kappa shape index (κ1) is 15.2. The van der Waals surface area contributed by atoms with Crippen molar-refractivity contribution < 1.29 is 27.1 Å². The molecule has 1 nitrogen and oxygen atoms in total. The molecule has 0 amide bonds. The predicted octanol–water partition coefficient (Wildman–Crippen LogP) is 4.83. The van der Waals surface area contributed by atoms with Crippen LogP contribution in [0.5, 0.6) is 0 Å². The molecule has 0 saturated heterocycles. The van der Waals surface area contributed by atoms with Crippen LogP contribution in [-0.4, -0.2) is 17.2 Å². The molecule has 0 saturated carbocycles. The Morgan fingerprint density at radius 1 is 0.900 bits per heavy atom. The zero-order valence-corrected chi connectivity index (χ0v) is 11.3. The highest BCUT2D eigenvalue weighted by Crippen LogP contribution is 2.46. The van der Waals surface area contributed by atoms with Gasteiger partial charge in [0, 0.05) is 4.47 Å². The van der Waals surface area contributed by atoms with Gasteiger partial charge in [-0.1, -0.05) is 46.3 Å². The topological polar surface area (TPSA) is 20.2 Å². The molecule has 0 radical (unpaired) electrons. The van der Waals surface area contributed by atoms with Crippen molar-refractivity contribution in [1.29, 1.82) is 0 Å². The highest BCUT2D eigenvalue weighted by Gasteiger charge is 2.62. The lowest BCUT2D eigenvalue weighted by molar-refractivity contribution is -0.314. The van der Waals surface area contributed by atoms with Gasteiger partial charge in [-0.05, 0) is 22.4 Å². The van der Waals surface area contributed by atoms with Crippen LogP contribution in [0.3, 0.4) is 0 Å². The molecule has 2 aromatic carbocycles. The molecular weight excluding hydrogens is 347 g/mol. The Bertz CT molecular complexity index is 638. The van der Waals surface area contributed by atoms with Crippen molar-refractivity contribution in [3.05, 3.63) is 46.4 Å². The van der Waals surface area contributed by atoms with Crippen molar-refractivity contribution in [1.82, 2.24) is 0 Å². The highest BCUT2D eigenvalue weighted by atomic mass is 79.9. The van der Waals surface area contributed by atoms with Crippen molar-refractivity contribution in [3.63, 3.8) is 0 Å². The minimum atomic E-state index is -5.82. The molecule has 0 aliphatic rings. The Morgan fingerprint density at radius 3 is 2.00 bits per heavy atom. The fourth-order valence-electron chi connectivity index (χ4n) is 1.87. The van der Waals surface area contributed by atoms with Crippen LogP contribution in [0.2, 0.25) is 0 Å². The summed E-state index contributed by atoms with van der Waals surface area (Å²) in [5.74, 6) is -5.22. The van der Waals surface area contributed by atoms with Crippen molar-refractivity contribution in [2.24, 2.45) is 0 Å². The lowest BCUT2D eigenvalue weighted by Crippen LogP contribution is -2.42. The number of fused-ring (bicyclic) bond motifs is 1. The maximum absolute atomic E-state index is 13.3. The van der Waals surface area contributed by atoms with E-state index < -0.39 is 23.8 Å². The van der Waals surface area contributed by atoms with Gasteiger partial charge in [-0.3, -0.25) is 0 Å². The van der Waals surface area contributed by atoms with Crippen LogP contribution in [0.1, 0.15) is 11.7 Å². The Labute approximate surface area is 119 Å². The minimum Gasteiger partial charge on any atom is -0.382 e. The smallest absolute Gasteiger partial charge is 0.382 e. The van der Waals surface area contributed by atoms with Crippen LogP contribution >= 0.6 is 15.9 Å². The van der Waals surface area contributed by atoms with Crippen molar-refractivity contribution >= 4 is 26.7 Å². The second kappa shape index (κ2) is 4.96. The standard InChI is InChI=1S/C13H8BrF5O/c14-10-6-5-9(7-3-1-2-4-8(7)10)11(20)12(15,16)13(17,18)19/h1-6,11,20H. The Balaban J connectivity index is 2.62. The Kier molecular flexibility index (Phi) is 3.77. The summed E-state index contributed by atoms with van der Waals surface area (Å²) in [4.78, 5) is 0. The number of rotatable bonds is 2. The van der Waals surface area contributed by atoms with Crippen molar-refractivity contribution in [2.45, 2.75) is 18.2 Å². The molecule has 0 aliphatic carbocycles. The molecule has 1 atom stereocenters. The number of alkyl halides is 5. The van der Waals surface area contributed by atoms with Gasteiger partial charge in [-0.2, -0.15) is 22.0 Å². The summed E-state index contributed by atoms with van der Waals surface area (Å²) < 4.78 is 64.0. The van der Waals surface area contributed by atoms with Gasteiger partial charge in [0.25, 0.3) is 0 Å². The molecule has 0 bridgehead atoms. The van der Waals surface area contributed by atoms with E-state index in [-0.39, 0.29) is 5.39 Å². The van der Waals surface area contributed by atoms with E-state index in [1.807, 2.05) is 0 Å². The van der Waals surface area contributed by atoms with Crippen molar-refractivity contribution in [2.75, 3.05) is 0 Å². The molecule has 1 N–H and O–H groups in total. The van der Waals surface area contributed by atoms with Crippen LogP contribution in [0.4, 0.5) is 22.0 Å². The maximum atomic E-state index is 13.3. The predicted molar refractivity (Wildman–Crippen MR) is 67.6 cm³/mol. The molecule has 2 rings (SSSR count). The van der Waals surface area contributed by atoms with E-state index in [4.69, 9.17) is 0 Å². The summed E-state index contributed by atoms with van der Waals surface area (Å²) in [6.07, 6.45) is -8.78. The van der Waals surface area contributed by atoms with Gasteiger partial charge in [-0.25, -0.2) is 0 Å². The number of aliphatic hydroxyl groups excluding tert-OH is 1. The third-order valence-corrected chi connectivity index (χ3v) is 3.61. The van der Waals surface area contributed by atoms with Crippen LogP contribution in [0.15, 0.2) is 40.9 Å². The average molecular weight is 355 g/mol. The summed E-state index contributed by atoms with van der Waals surface area (Å²) in [7, 11) is 0. The zero-order chi connectivity index (χ0) is 15.1. The zero-order valence-electron chi connectivity index (χ0n) is 9.76.